The lowest BCUT2D eigenvalue weighted by Gasteiger charge is -2.32. The number of pyridine rings is 1. The number of nitrogens with zero attached hydrogens (tertiary/aromatic N) is 2. The zero-order valence-corrected chi connectivity index (χ0v) is 18.9. The molecule has 0 saturated carbocycles. The molecule has 6 nitrogen and oxygen atoms in total. The van der Waals surface area contributed by atoms with Crippen molar-refractivity contribution < 1.29 is 13.2 Å². The van der Waals surface area contributed by atoms with Gasteiger partial charge in [-0.25, -0.2) is 8.42 Å². The van der Waals surface area contributed by atoms with Crippen molar-refractivity contribution in [1.82, 2.24) is 9.88 Å². The van der Waals surface area contributed by atoms with Crippen molar-refractivity contribution in [3.8, 4) is 16.3 Å². The van der Waals surface area contributed by atoms with Crippen molar-refractivity contribution in [3.63, 3.8) is 0 Å². The highest BCUT2D eigenvalue weighted by Crippen LogP contribution is 2.37. The van der Waals surface area contributed by atoms with Crippen LogP contribution in [0.15, 0.2) is 52.9 Å². The first-order valence-electron chi connectivity index (χ1n) is 9.78. The largest absolute Gasteiger partial charge is 0.496 e. The Morgan fingerprint density at radius 1 is 1.13 bits per heavy atom. The molecule has 1 aliphatic rings. The Bertz CT molecular complexity index is 1140. The van der Waals surface area contributed by atoms with Crippen LogP contribution in [0.4, 0.5) is 5.69 Å². The van der Waals surface area contributed by atoms with Crippen LogP contribution >= 0.6 is 11.3 Å². The molecule has 0 aliphatic heterocycles. The summed E-state index contributed by atoms with van der Waals surface area (Å²) in [5.74, 6) is 0.813. The average Bonchev–Trinajstić information content (AvgIpc) is 3.25. The molecule has 1 N–H and O–H groups in total. The normalized spacial score (nSPS) is 16.3. The quantitative estimate of drug-likeness (QED) is 0.623. The molecule has 0 saturated heterocycles. The van der Waals surface area contributed by atoms with Crippen molar-refractivity contribution in [1.29, 1.82) is 0 Å². The summed E-state index contributed by atoms with van der Waals surface area (Å²) < 4.78 is 34.8. The van der Waals surface area contributed by atoms with Crippen LogP contribution in [-0.4, -0.2) is 45.5 Å². The van der Waals surface area contributed by atoms with E-state index < -0.39 is 10.0 Å². The van der Waals surface area contributed by atoms with Gasteiger partial charge in [0.15, 0.2) is 0 Å². The van der Waals surface area contributed by atoms with E-state index in [0.29, 0.717) is 11.7 Å². The number of sulfonamides is 1. The Labute approximate surface area is 181 Å². The number of nitrogens with one attached hydrogen (secondary N) is 1. The highest BCUT2D eigenvalue weighted by molar-refractivity contribution is 7.94. The predicted octanol–water partition coefficient (Wildman–Crippen LogP) is 4.04. The van der Waals surface area contributed by atoms with E-state index in [1.165, 1.54) is 11.3 Å². The van der Waals surface area contributed by atoms with Crippen LogP contribution in [0.25, 0.3) is 10.6 Å². The number of fused-ring (bicyclic) bond motifs is 1. The number of hydrogen-bond donors (Lipinski definition) is 1. The highest BCUT2D eigenvalue weighted by atomic mass is 32.2. The van der Waals surface area contributed by atoms with E-state index in [2.05, 4.69) is 28.7 Å². The zero-order valence-electron chi connectivity index (χ0n) is 17.3. The van der Waals surface area contributed by atoms with Gasteiger partial charge in [0.1, 0.15) is 9.96 Å². The van der Waals surface area contributed by atoms with Gasteiger partial charge in [0, 0.05) is 17.8 Å². The maximum Gasteiger partial charge on any atom is 0.271 e. The van der Waals surface area contributed by atoms with Gasteiger partial charge in [0.25, 0.3) is 10.0 Å². The number of hydrogen-bond acceptors (Lipinski definition) is 6. The summed E-state index contributed by atoms with van der Waals surface area (Å²) in [5.41, 5.74) is 3.51. The van der Waals surface area contributed by atoms with Crippen LogP contribution in [0.5, 0.6) is 5.75 Å². The smallest absolute Gasteiger partial charge is 0.271 e. The molecule has 1 aromatic carbocycles. The number of ether oxygens (including phenoxy) is 1. The van der Waals surface area contributed by atoms with E-state index in [1.807, 2.05) is 24.3 Å². The molecule has 1 atom stereocenters. The van der Waals surface area contributed by atoms with Gasteiger partial charge in [-0.2, -0.15) is 0 Å². The Morgan fingerprint density at radius 3 is 2.67 bits per heavy atom. The highest BCUT2D eigenvalue weighted by Gasteiger charge is 2.27. The van der Waals surface area contributed by atoms with Gasteiger partial charge in [-0.3, -0.25) is 9.71 Å². The van der Waals surface area contributed by atoms with Crippen LogP contribution in [0.2, 0.25) is 0 Å². The SMILES string of the molecule is COc1ccc(NS(=O)(=O)c2ccc(-c3ccccn3)s2)c2c1CC(N(C)C)CC2. The molecular weight excluding hydrogens is 418 g/mol. The van der Waals surface area contributed by atoms with Gasteiger partial charge < -0.3 is 9.64 Å². The molecule has 0 amide bonds. The molecule has 3 aromatic rings. The molecular formula is C22H25N3O3S2. The van der Waals surface area contributed by atoms with Gasteiger partial charge >= 0.3 is 0 Å². The standard InChI is InChI=1S/C22H25N3O3S2/c1-25(2)15-7-8-16-17(14-15)20(28-3)10-9-18(16)24-30(26,27)22-12-11-21(29-22)19-6-4-5-13-23-19/h4-6,9-13,15,24H,7-8,14H2,1-3H3. The van der Waals surface area contributed by atoms with Crippen molar-refractivity contribution >= 4 is 27.0 Å². The molecule has 2 heterocycles. The molecule has 1 unspecified atom stereocenters. The Hall–Kier alpha value is -2.42. The molecule has 4 rings (SSSR count). The number of rotatable bonds is 6. The predicted molar refractivity (Wildman–Crippen MR) is 121 cm³/mol. The first-order chi connectivity index (χ1) is 14.4. The van der Waals surface area contributed by atoms with Crippen molar-refractivity contribution in [3.05, 3.63) is 59.8 Å². The minimum absolute atomic E-state index is 0.273. The summed E-state index contributed by atoms with van der Waals surface area (Å²) in [4.78, 5) is 7.34. The first kappa shape index (κ1) is 20.8. The number of aromatic nitrogens is 1. The summed E-state index contributed by atoms with van der Waals surface area (Å²) in [6.45, 7) is 0. The van der Waals surface area contributed by atoms with Gasteiger partial charge in [-0.1, -0.05) is 6.07 Å². The summed E-state index contributed by atoms with van der Waals surface area (Å²) >= 11 is 1.22. The zero-order chi connectivity index (χ0) is 21.3. The monoisotopic (exact) mass is 443 g/mol. The summed E-state index contributed by atoms with van der Waals surface area (Å²) in [7, 11) is 2.11. The molecule has 8 heteroatoms. The second-order valence-electron chi connectivity index (χ2n) is 7.57. The topological polar surface area (TPSA) is 71.5 Å². The van der Waals surface area contributed by atoms with E-state index in [1.54, 1.807) is 31.5 Å². The lowest BCUT2D eigenvalue weighted by atomic mass is 9.86. The van der Waals surface area contributed by atoms with Gasteiger partial charge in [0.2, 0.25) is 0 Å². The molecule has 158 valence electrons. The number of likely N-dealkylation sites (N-methyl/N-ethyl adjacent to an activating group) is 1. The fourth-order valence-electron chi connectivity index (χ4n) is 3.86. The van der Waals surface area contributed by atoms with Crippen LogP contribution < -0.4 is 9.46 Å². The minimum Gasteiger partial charge on any atom is -0.496 e. The number of benzene rings is 1. The second kappa shape index (κ2) is 8.37. The molecule has 0 spiro atoms. The first-order valence-corrected chi connectivity index (χ1v) is 12.1. The molecule has 0 bridgehead atoms. The Kier molecular flexibility index (Phi) is 5.81. The van der Waals surface area contributed by atoms with Gasteiger partial charge in [-0.05, 0) is 75.3 Å². The van der Waals surface area contributed by atoms with E-state index in [9.17, 15) is 8.42 Å². The van der Waals surface area contributed by atoms with Crippen molar-refractivity contribution in [2.24, 2.45) is 0 Å². The van der Waals surface area contributed by atoms with Crippen LogP contribution in [0.3, 0.4) is 0 Å². The lowest BCUT2D eigenvalue weighted by Crippen LogP contribution is -2.34. The number of anilines is 1. The van der Waals surface area contributed by atoms with E-state index >= 15 is 0 Å². The summed E-state index contributed by atoms with van der Waals surface area (Å²) in [6, 6.07) is 13.1. The number of thiophene rings is 1. The minimum atomic E-state index is -3.69. The van der Waals surface area contributed by atoms with Crippen molar-refractivity contribution in [2.45, 2.75) is 29.5 Å². The lowest BCUT2D eigenvalue weighted by molar-refractivity contribution is 0.265. The third-order valence-corrected chi connectivity index (χ3v) is 8.48. The van der Waals surface area contributed by atoms with Gasteiger partial charge in [0.05, 0.1) is 23.4 Å². The summed E-state index contributed by atoms with van der Waals surface area (Å²) in [6.07, 6.45) is 4.32. The van der Waals surface area contributed by atoms with Gasteiger partial charge in [-0.15, -0.1) is 11.3 Å². The third kappa shape index (κ3) is 4.08. The van der Waals surface area contributed by atoms with E-state index in [4.69, 9.17) is 4.74 Å². The molecule has 2 aromatic heterocycles. The molecule has 0 fully saturated rings. The van der Waals surface area contributed by atoms with Crippen LogP contribution in [-0.2, 0) is 22.9 Å². The van der Waals surface area contributed by atoms with Crippen molar-refractivity contribution in [2.75, 3.05) is 25.9 Å². The molecule has 0 radical (unpaired) electrons. The Balaban J connectivity index is 1.64. The average molecular weight is 444 g/mol. The van der Waals surface area contributed by atoms with E-state index in [-0.39, 0.29) is 4.21 Å². The summed E-state index contributed by atoms with van der Waals surface area (Å²) in [5, 5.41) is 0. The fraction of sp³-hybridized carbons (Fsp3) is 0.318. The second-order valence-corrected chi connectivity index (χ2v) is 10.6. The maximum atomic E-state index is 13.1. The van der Waals surface area contributed by atoms with Crippen LogP contribution in [0, 0.1) is 0 Å². The molecule has 1 aliphatic carbocycles. The fourth-order valence-corrected chi connectivity index (χ4v) is 6.24. The third-order valence-electron chi connectivity index (χ3n) is 5.51. The maximum absolute atomic E-state index is 13.1. The Morgan fingerprint density at radius 2 is 1.97 bits per heavy atom. The van der Waals surface area contributed by atoms with E-state index in [0.717, 1.165) is 46.7 Å². The molecule has 30 heavy (non-hydrogen) atoms. The number of methoxy groups -OCH3 is 1. The van der Waals surface area contributed by atoms with Crippen LogP contribution in [0.1, 0.15) is 17.5 Å².